The maximum atomic E-state index is 11.2. The normalized spacial score (nSPS) is 14.3. The number of hydrogen-bond donors (Lipinski definition) is 1. The average Bonchev–Trinajstić information content (AvgIpc) is 3.24. The zero-order valence-corrected chi connectivity index (χ0v) is 13.9. The third kappa shape index (κ3) is 3.24. The van der Waals surface area contributed by atoms with Gasteiger partial charge in [-0.15, -0.1) is 0 Å². The molecule has 0 unspecified atom stereocenters. The van der Waals surface area contributed by atoms with Crippen molar-refractivity contribution in [1.29, 1.82) is 0 Å². The Morgan fingerprint density at radius 2 is 2.00 bits per heavy atom. The molecule has 1 aromatic carbocycles. The quantitative estimate of drug-likeness (QED) is 0.692. The minimum atomic E-state index is -0.595. The number of aryl methyl sites for hydroxylation is 1. The molecule has 0 saturated carbocycles. The van der Waals surface area contributed by atoms with Crippen LogP contribution in [0.1, 0.15) is 24.1 Å². The number of rotatable bonds is 4. The summed E-state index contributed by atoms with van der Waals surface area (Å²) in [4.78, 5) is 13.5. The van der Waals surface area contributed by atoms with Crippen molar-refractivity contribution < 1.29 is 9.53 Å². The molecule has 24 heavy (non-hydrogen) atoms. The van der Waals surface area contributed by atoms with E-state index in [1.54, 1.807) is 6.21 Å². The number of amides is 1. The highest BCUT2D eigenvalue weighted by Crippen LogP contribution is 2.28. The summed E-state index contributed by atoms with van der Waals surface area (Å²) in [5, 5.41) is 8.67. The molecule has 0 spiro atoms. The van der Waals surface area contributed by atoms with Crippen molar-refractivity contribution in [2.75, 3.05) is 25.1 Å². The Labute approximate surface area is 140 Å². The zero-order chi connectivity index (χ0) is 16.9. The molecule has 7 heteroatoms. The number of hydrazone groups is 1. The lowest BCUT2D eigenvalue weighted by Crippen LogP contribution is -2.23. The second-order valence-corrected chi connectivity index (χ2v) is 5.63. The van der Waals surface area contributed by atoms with Gasteiger partial charge in [-0.25, -0.2) is 14.9 Å². The van der Waals surface area contributed by atoms with Crippen LogP contribution < -0.4 is 10.3 Å². The van der Waals surface area contributed by atoms with Crippen molar-refractivity contribution in [1.82, 2.24) is 15.2 Å². The van der Waals surface area contributed by atoms with E-state index in [-0.39, 0.29) is 0 Å². The van der Waals surface area contributed by atoms with E-state index in [0.717, 1.165) is 48.7 Å². The Balaban J connectivity index is 2.01. The summed E-state index contributed by atoms with van der Waals surface area (Å²) >= 11 is 0. The van der Waals surface area contributed by atoms with Crippen LogP contribution in [0.2, 0.25) is 0 Å². The summed E-state index contributed by atoms with van der Waals surface area (Å²) in [6, 6.07) is 10.0. The highest BCUT2D eigenvalue weighted by Gasteiger charge is 2.23. The first kappa shape index (κ1) is 16.0. The van der Waals surface area contributed by atoms with Crippen molar-refractivity contribution in [3.63, 3.8) is 0 Å². The van der Waals surface area contributed by atoms with Crippen LogP contribution in [-0.4, -0.2) is 42.3 Å². The summed E-state index contributed by atoms with van der Waals surface area (Å²) < 4.78 is 6.47. The third-order valence-electron chi connectivity index (χ3n) is 4.02. The van der Waals surface area contributed by atoms with E-state index >= 15 is 0 Å². The molecule has 7 nitrogen and oxygen atoms in total. The maximum Gasteiger partial charge on any atom is 0.427 e. The Bertz CT molecular complexity index is 733. The van der Waals surface area contributed by atoms with Crippen LogP contribution in [0.3, 0.4) is 0 Å². The number of ether oxygens (including phenoxy) is 1. The van der Waals surface area contributed by atoms with Crippen LogP contribution >= 0.6 is 0 Å². The van der Waals surface area contributed by atoms with Gasteiger partial charge in [0.1, 0.15) is 5.82 Å². The molecule has 1 amide bonds. The summed E-state index contributed by atoms with van der Waals surface area (Å²) in [5.74, 6) is 1.01. The van der Waals surface area contributed by atoms with Gasteiger partial charge in [0.25, 0.3) is 0 Å². The van der Waals surface area contributed by atoms with Gasteiger partial charge in [0, 0.05) is 13.1 Å². The number of carbonyl (C=O) groups is 1. The molecule has 0 aliphatic carbocycles. The molecule has 1 saturated heterocycles. The number of nitrogens with zero attached hydrogens (tertiary/aromatic N) is 4. The van der Waals surface area contributed by atoms with Gasteiger partial charge in [-0.05, 0) is 31.9 Å². The minimum Gasteiger partial charge on any atom is -0.452 e. The highest BCUT2D eigenvalue weighted by atomic mass is 16.5. The van der Waals surface area contributed by atoms with Crippen molar-refractivity contribution in [3.8, 4) is 5.69 Å². The summed E-state index contributed by atoms with van der Waals surface area (Å²) in [6.07, 6.45) is 3.36. The van der Waals surface area contributed by atoms with Gasteiger partial charge in [0.05, 0.1) is 30.3 Å². The number of nitrogens with one attached hydrogen (secondary N) is 1. The lowest BCUT2D eigenvalue weighted by molar-refractivity contribution is 0.171. The fourth-order valence-corrected chi connectivity index (χ4v) is 2.86. The molecule has 1 aliphatic rings. The molecule has 126 valence electrons. The Hall–Kier alpha value is -2.83. The van der Waals surface area contributed by atoms with Crippen LogP contribution in [0.15, 0.2) is 35.4 Å². The lowest BCUT2D eigenvalue weighted by Gasteiger charge is -2.20. The second kappa shape index (κ2) is 7.16. The van der Waals surface area contributed by atoms with E-state index < -0.39 is 6.09 Å². The van der Waals surface area contributed by atoms with Gasteiger partial charge >= 0.3 is 6.09 Å². The zero-order valence-electron chi connectivity index (χ0n) is 13.9. The van der Waals surface area contributed by atoms with E-state index in [0.29, 0.717) is 0 Å². The third-order valence-corrected chi connectivity index (χ3v) is 4.02. The van der Waals surface area contributed by atoms with E-state index in [9.17, 15) is 4.79 Å². The number of hydrogen-bond acceptors (Lipinski definition) is 5. The minimum absolute atomic E-state index is 0.595. The van der Waals surface area contributed by atoms with Crippen molar-refractivity contribution in [3.05, 3.63) is 41.6 Å². The van der Waals surface area contributed by atoms with Gasteiger partial charge < -0.3 is 9.64 Å². The van der Waals surface area contributed by atoms with Gasteiger partial charge in [-0.2, -0.15) is 10.2 Å². The second-order valence-electron chi connectivity index (χ2n) is 5.63. The van der Waals surface area contributed by atoms with E-state index in [1.807, 2.05) is 41.9 Å². The first-order chi connectivity index (χ1) is 11.7. The number of anilines is 1. The predicted molar refractivity (Wildman–Crippen MR) is 92.9 cm³/mol. The summed E-state index contributed by atoms with van der Waals surface area (Å²) in [5.41, 5.74) is 5.09. The molecule has 2 heterocycles. The molecule has 3 rings (SSSR count). The van der Waals surface area contributed by atoms with Crippen LogP contribution in [0.25, 0.3) is 5.69 Å². The first-order valence-electron chi connectivity index (χ1n) is 7.97. The smallest absolute Gasteiger partial charge is 0.427 e. The molecule has 0 radical (unpaired) electrons. The fraction of sp³-hybridized carbons (Fsp3) is 0.353. The molecule has 1 aromatic heterocycles. The average molecular weight is 327 g/mol. The number of methoxy groups -OCH3 is 1. The Morgan fingerprint density at radius 1 is 1.29 bits per heavy atom. The molecule has 0 atom stereocenters. The topological polar surface area (TPSA) is 71.7 Å². The van der Waals surface area contributed by atoms with Gasteiger partial charge in [0.15, 0.2) is 0 Å². The SMILES string of the molecule is COC(=O)N/N=C\c1c(C)nn(-c2ccccc2)c1N1CCCC1. The first-order valence-corrected chi connectivity index (χ1v) is 7.97. The van der Waals surface area contributed by atoms with E-state index in [2.05, 4.69) is 25.3 Å². The van der Waals surface area contributed by atoms with Gasteiger partial charge in [-0.3, -0.25) is 0 Å². The highest BCUT2D eigenvalue weighted by molar-refractivity contribution is 5.89. The van der Waals surface area contributed by atoms with Gasteiger partial charge in [-0.1, -0.05) is 18.2 Å². The van der Waals surface area contributed by atoms with Crippen LogP contribution in [0.4, 0.5) is 10.6 Å². The molecule has 2 aromatic rings. The number of aromatic nitrogens is 2. The maximum absolute atomic E-state index is 11.2. The molecule has 1 N–H and O–H groups in total. The fourth-order valence-electron chi connectivity index (χ4n) is 2.86. The molecule has 1 aliphatic heterocycles. The lowest BCUT2D eigenvalue weighted by atomic mass is 10.2. The Morgan fingerprint density at radius 3 is 2.67 bits per heavy atom. The summed E-state index contributed by atoms with van der Waals surface area (Å²) in [7, 11) is 1.30. The Kier molecular flexibility index (Phi) is 4.79. The standard InChI is InChI=1S/C17H21N5O2/c1-13-15(12-18-19-17(23)24-2)16(21-10-6-7-11-21)22(20-13)14-8-4-3-5-9-14/h3-5,8-9,12H,6-7,10-11H2,1-2H3,(H,19,23)/b18-12-. The largest absolute Gasteiger partial charge is 0.452 e. The van der Waals surface area contributed by atoms with Crippen molar-refractivity contribution >= 4 is 18.1 Å². The predicted octanol–water partition coefficient (Wildman–Crippen LogP) is 2.47. The van der Waals surface area contributed by atoms with Crippen LogP contribution in [0, 0.1) is 6.92 Å². The number of para-hydroxylation sites is 1. The van der Waals surface area contributed by atoms with Crippen molar-refractivity contribution in [2.45, 2.75) is 19.8 Å². The number of carbonyl (C=O) groups excluding carboxylic acids is 1. The molecular weight excluding hydrogens is 306 g/mol. The van der Waals surface area contributed by atoms with Gasteiger partial charge in [0.2, 0.25) is 0 Å². The van der Waals surface area contributed by atoms with Crippen molar-refractivity contribution in [2.24, 2.45) is 5.10 Å². The summed E-state index contributed by atoms with van der Waals surface area (Å²) in [6.45, 7) is 3.92. The molecule has 1 fully saturated rings. The number of benzene rings is 1. The van der Waals surface area contributed by atoms with E-state index in [4.69, 9.17) is 0 Å². The van der Waals surface area contributed by atoms with Crippen LogP contribution in [0.5, 0.6) is 0 Å². The monoisotopic (exact) mass is 327 g/mol. The molecule has 0 bridgehead atoms. The van der Waals surface area contributed by atoms with E-state index in [1.165, 1.54) is 7.11 Å². The van der Waals surface area contributed by atoms with Crippen LogP contribution in [-0.2, 0) is 4.74 Å². The molecular formula is C17H21N5O2.